The molecule has 100 valence electrons. The van der Waals surface area contributed by atoms with Gasteiger partial charge in [-0.2, -0.15) is 5.26 Å². The van der Waals surface area contributed by atoms with E-state index in [0.717, 1.165) is 23.8 Å². The van der Waals surface area contributed by atoms with Crippen LogP contribution in [0.15, 0.2) is 17.6 Å². The Morgan fingerprint density at radius 2 is 2.33 bits per heavy atom. The first-order valence-corrected chi connectivity index (χ1v) is 7.24. The van der Waals surface area contributed by atoms with Crippen LogP contribution in [0.3, 0.4) is 0 Å². The van der Waals surface area contributed by atoms with Crippen molar-refractivity contribution in [3.63, 3.8) is 0 Å². The van der Waals surface area contributed by atoms with Gasteiger partial charge in [0.25, 0.3) is 0 Å². The molecule has 1 rings (SSSR count). The van der Waals surface area contributed by atoms with Crippen LogP contribution in [0.4, 0.5) is 0 Å². The summed E-state index contributed by atoms with van der Waals surface area (Å²) in [6.45, 7) is 6.11. The van der Waals surface area contributed by atoms with Crippen LogP contribution in [0.2, 0.25) is 0 Å². The van der Waals surface area contributed by atoms with Crippen LogP contribution in [0.25, 0.3) is 0 Å². The van der Waals surface area contributed by atoms with Crippen molar-refractivity contribution in [3.05, 3.63) is 12.4 Å². The molecule has 0 radical (unpaired) electrons. The summed E-state index contributed by atoms with van der Waals surface area (Å²) in [5.74, 6) is 0.988. The Morgan fingerprint density at radius 1 is 1.61 bits per heavy atom. The van der Waals surface area contributed by atoms with Crippen molar-refractivity contribution < 1.29 is 0 Å². The Hall–Kier alpha value is -0.990. The summed E-state index contributed by atoms with van der Waals surface area (Å²) in [6.07, 6.45) is 5.62. The predicted molar refractivity (Wildman–Crippen MR) is 75.5 cm³/mol. The number of hydrogen-bond donors (Lipinski definition) is 1. The van der Waals surface area contributed by atoms with Crippen molar-refractivity contribution in [1.82, 2.24) is 14.9 Å². The summed E-state index contributed by atoms with van der Waals surface area (Å²) in [5.41, 5.74) is -0.420. The van der Waals surface area contributed by atoms with Gasteiger partial charge in [-0.05, 0) is 33.6 Å². The van der Waals surface area contributed by atoms with Gasteiger partial charge in [-0.3, -0.25) is 5.32 Å². The van der Waals surface area contributed by atoms with Crippen molar-refractivity contribution in [2.45, 2.75) is 50.4 Å². The van der Waals surface area contributed by atoms with Gasteiger partial charge in [-0.15, -0.1) is 0 Å². The number of nitrogens with zero attached hydrogens (tertiary/aromatic N) is 3. The maximum absolute atomic E-state index is 9.23. The number of imidazole rings is 1. The standard InChI is InChI=1S/C13H22N4S/c1-11(2)16-13(3,10-14)6-5-9-18-12-15-7-8-17(12)4/h7-8,11,16H,5-6,9H2,1-4H3. The van der Waals surface area contributed by atoms with E-state index < -0.39 is 5.54 Å². The molecule has 0 amide bonds. The molecule has 1 aromatic rings. The molecular weight excluding hydrogens is 244 g/mol. The molecule has 1 aromatic heterocycles. The van der Waals surface area contributed by atoms with Gasteiger partial charge in [0, 0.05) is 31.2 Å². The first kappa shape index (κ1) is 15.1. The van der Waals surface area contributed by atoms with E-state index in [0.29, 0.717) is 6.04 Å². The Balaban J connectivity index is 2.32. The summed E-state index contributed by atoms with van der Waals surface area (Å²) in [7, 11) is 2.00. The summed E-state index contributed by atoms with van der Waals surface area (Å²) >= 11 is 1.74. The van der Waals surface area contributed by atoms with Crippen molar-refractivity contribution >= 4 is 11.8 Å². The zero-order valence-corrected chi connectivity index (χ0v) is 12.4. The van der Waals surface area contributed by atoms with Crippen LogP contribution in [0, 0.1) is 11.3 Å². The SMILES string of the molecule is CC(C)NC(C)(C#N)CCCSc1nccn1C. The van der Waals surface area contributed by atoms with Crippen molar-refractivity contribution in [1.29, 1.82) is 5.26 Å². The largest absolute Gasteiger partial charge is 0.329 e. The lowest BCUT2D eigenvalue weighted by Crippen LogP contribution is -2.44. The van der Waals surface area contributed by atoms with E-state index in [1.54, 1.807) is 11.8 Å². The average molecular weight is 266 g/mol. The van der Waals surface area contributed by atoms with E-state index in [-0.39, 0.29) is 0 Å². The molecule has 0 saturated carbocycles. The molecular formula is C13H22N4S. The predicted octanol–water partition coefficient (Wildman–Crippen LogP) is 2.57. The smallest absolute Gasteiger partial charge is 0.167 e. The van der Waals surface area contributed by atoms with Crippen molar-refractivity contribution in [2.75, 3.05) is 5.75 Å². The highest BCUT2D eigenvalue weighted by Gasteiger charge is 2.23. The fraction of sp³-hybridized carbons (Fsp3) is 0.692. The number of nitrogens with one attached hydrogen (secondary N) is 1. The normalized spacial score (nSPS) is 14.4. The average Bonchev–Trinajstić information content (AvgIpc) is 2.70. The van der Waals surface area contributed by atoms with Crippen molar-refractivity contribution in [2.24, 2.45) is 7.05 Å². The molecule has 0 spiro atoms. The Kier molecular flexibility index (Phi) is 5.70. The van der Waals surface area contributed by atoms with Gasteiger partial charge < -0.3 is 4.57 Å². The number of nitriles is 1. The van der Waals surface area contributed by atoms with Crippen LogP contribution in [-0.2, 0) is 7.05 Å². The summed E-state index contributed by atoms with van der Waals surface area (Å²) in [5, 5.41) is 13.6. The first-order valence-electron chi connectivity index (χ1n) is 6.26. The Morgan fingerprint density at radius 3 is 2.83 bits per heavy atom. The van der Waals surface area contributed by atoms with Gasteiger partial charge in [0.2, 0.25) is 0 Å². The van der Waals surface area contributed by atoms with Crippen molar-refractivity contribution in [3.8, 4) is 6.07 Å². The minimum absolute atomic E-state index is 0.330. The molecule has 0 bridgehead atoms. The number of thioether (sulfide) groups is 1. The highest BCUT2D eigenvalue weighted by Crippen LogP contribution is 2.19. The fourth-order valence-corrected chi connectivity index (χ4v) is 2.75. The second kappa shape index (κ2) is 6.81. The highest BCUT2D eigenvalue weighted by molar-refractivity contribution is 7.99. The van der Waals surface area contributed by atoms with Gasteiger partial charge in [0.05, 0.1) is 6.07 Å². The number of aryl methyl sites for hydroxylation is 1. The molecule has 4 nitrogen and oxygen atoms in total. The molecule has 0 aromatic carbocycles. The second-order valence-electron chi connectivity index (χ2n) is 5.02. The zero-order valence-electron chi connectivity index (χ0n) is 11.6. The number of hydrogen-bond acceptors (Lipinski definition) is 4. The summed E-state index contributed by atoms with van der Waals surface area (Å²) in [6, 6.07) is 2.70. The van der Waals surface area contributed by atoms with Crippen LogP contribution in [0.5, 0.6) is 0 Å². The highest BCUT2D eigenvalue weighted by atomic mass is 32.2. The fourth-order valence-electron chi connectivity index (χ4n) is 1.88. The summed E-state index contributed by atoms with van der Waals surface area (Å²) in [4.78, 5) is 4.26. The van der Waals surface area contributed by atoms with Crippen LogP contribution in [0.1, 0.15) is 33.6 Å². The molecule has 0 aliphatic rings. The van der Waals surface area contributed by atoms with Gasteiger partial charge >= 0.3 is 0 Å². The van der Waals surface area contributed by atoms with Crippen LogP contribution >= 0.6 is 11.8 Å². The molecule has 1 atom stereocenters. The minimum atomic E-state index is -0.420. The molecule has 18 heavy (non-hydrogen) atoms. The molecule has 1 N–H and O–H groups in total. The molecule has 1 heterocycles. The molecule has 0 aliphatic heterocycles. The third-order valence-corrected chi connectivity index (χ3v) is 3.83. The van der Waals surface area contributed by atoms with Crippen LogP contribution in [-0.4, -0.2) is 26.9 Å². The third kappa shape index (κ3) is 4.71. The van der Waals surface area contributed by atoms with Gasteiger partial charge in [-0.1, -0.05) is 11.8 Å². The quantitative estimate of drug-likeness (QED) is 0.609. The lowest BCUT2D eigenvalue weighted by Gasteiger charge is -2.25. The molecule has 5 heteroatoms. The topological polar surface area (TPSA) is 53.6 Å². The Labute approximate surface area is 114 Å². The molecule has 1 unspecified atom stereocenters. The van der Waals surface area contributed by atoms with E-state index in [2.05, 4.69) is 30.2 Å². The number of rotatable bonds is 7. The molecule has 0 saturated heterocycles. The van der Waals surface area contributed by atoms with E-state index >= 15 is 0 Å². The van der Waals surface area contributed by atoms with Gasteiger partial charge in [0.1, 0.15) is 5.54 Å². The van der Waals surface area contributed by atoms with E-state index in [1.165, 1.54) is 0 Å². The minimum Gasteiger partial charge on any atom is -0.329 e. The second-order valence-corrected chi connectivity index (χ2v) is 6.08. The third-order valence-electron chi connectivity index (χ3n) is 2.68. The van der Waals surface area contributed by atoms with E-state index in [9.17, 15) is 5.26 Å². The first-order chi connectivity index (χ1) is 8.47. The van der Waals surface area contributed by atoms with E-state index in [1.807, 2.05) is 30.9 Å². The Bertz CT molecular complexity index is 407. The monoisotopic (exact) mass is 266 g/mol. The van der Waals surface area contributed by atoms with Gasteiger partial charge in [0.15, 0.2) is 5.16 Å². The van der Waals surface area contributed by atoms with Crippen LogP contribution < -0.4 is 5.32 Å². The lowest BCUT2D eigenvalue weighted by atomic mass is 9.97. The van der Waals surface area contributed by atoms with Gasteiger partial charge in [-0.25, -0.2) is 4.98 Å². The van der Waals surface area contributed by atoms with E-state index in [4.69, 9.17) is 0 Å². The zero-order chi connectivity index (χ0) is 13.6. The summed E-state index contributed by atoms with van der Waals surface area (Å²) < 4.78 is 2.01. The molecule has 0 aliphatic carbocycles. The maximum atomic E-state index is 9.23. The number of aromatic nitrogens is 2. The lowest BCUT2D eigenvalue weighted by molar-refractivity contribution is 0.380. The maximum Gasteiger partial charge on any atom is 0.167 e. The molecule has 0 fully saturated rings.